The Hall–Kier alpha value is -4.19. The van der Waals surface area contributed by atoms with Gasteiger partial charge in [0.05, 0.1) is 0 Å². The van der Waals surface area contributed by atoms with Crippen LogP contribution < -0.4 is 0 Å². The van der Waals surface area contributed by atoms with Gasteiger partial charge in [-0.25, -0.2) is 0 Å². The third-order valence-corrected chi connectivity index (χ3v) is 9.98. The summed E-state index contributed by atoms with van der Waals surface area (Å²) >= 11 is 0. The van der Waals surface area contributed by atoms with Gasteiger partial charge >= 0.3 is 17.9 Å². The zero-order valence-electron chi connectivity index (χ0n) is 40.3. The number of rotatable bonds is 43. The molecule has 1 unspecified atom stereocenters. The first-order valence-electron chi connectivity index (χ1n) is 25.0. The summed E-state index contributed by atoms with van der Waals surface area (Å²) in [6.45, 7) is 6.29. The Morgan fingerprint density at radius 3 is 0.952 bits per heavy atom. The van der Waals surface area contributed by atoms with Gasteiger partial charge in [0.2, 0.25) is 0 Å². The number of allylic oxidation sites excluding steroid dienone is 20. The van der Waals surface area contributed by atoms with E-state index in [9.17, 15) is 14.4 Å². The topological polar surface area (TPSA) is 78.9 Å². The highest BCUT2D eigenvalue weighted by Crippen LogP contribution is 2.11. The average Bonchev–Trinajstić information content (AvgIpc) is 3.28. The zero-order chi connectivity index (χ0) is 45.8. The molecule has 354 valence electrons. The third kappa shape index (κ3) is 48.7. The minimum atomic E-state index is -0.780. The van der Waals surface area contributed by atoms with Gasteiger partial charge in [-0.3, -0.25) is 14.4 Å². The maximum absolute atomic E-state index is 12.5. The minimum absolute atomic E-state index is 0.0892. The molecule has 63 heavy (non-hydrogen) atoms. The van der Waals surface area contributed by atoms with Crippen LogP contribution in [0.25, 0.3) is 0 Å². The Morgan fingerprint density at radius 1 is 0.333 bits per heavy atom. The Balaban J connectivity index is 3.99. The predicted octanol–water partition coefficient (Wildman–Crippen LogP) is 16.5. The van der Waals surface area contributed by atoms with Crippen molar-refractivity contribution in [3.8, 4) is 0 Å². The number of carbonyl (C=O) groups excluding carboxylic acids is 3. The van der Waals surface area contributed by atoms with Crippen molar-refractivity contribution in [1.29, 1.82) is 0 Å². The molecule has 6 heteroatoms. The summed E-state index contributed by atoms with van der Waals surface area (Å²) in [6, 6.07) is 0. The van der Waals surface area contributed by atoms with E-state index >= 15 is 0 Å². The van der Waals surface area contributed by atoms with Gasteiger partial charge in [0.1, 0.15) is 13.2 Å². The molecule has 0 heterocycles. The number of hydrogen-bond acceptors (Lipinski definition) is 6. The summed E-state index contributed by atoms with van der Waals surface area (Å²) < 4.78 is 16.4. The number of hydrogen-bond donors (Lipinski definition) is 0. The van der Waals surface area contributed by atoms with Crippen LogP contribution in [0.5, 0.6) is 0 Å². The summed E-state index contributed by atoms with van der Waals surface area (Å²) in [7, 11) is 0. The van der Waals surface area contributed by atoms with Crippen molar-refractivity contribution in [3.63, 3.8) is 0 Å². The van der Waals surface area contributed by atoms with E-state index < -0.39 is 6.10 Å². The second kappa shape index (κ2) is 50.5. The molecule has 0 bridgehead atoms. The van der Waals surface area contributed by atoms with Crippen LogP contribution in [-0.2, 0) is 28.6 Å². The standard InChI is InChI=1S/C57H90O6/c1-4-7-10-13-14-15-16-17-18-19-20-21-22-23-24-25-26-27-28-29-30-31-32-33-34-35-36-37-38-39-40-41-42-45-47-50-56(59)62-53-54(63-57(60)51-48-44-12-9-6-3)52-61-55(58)49-46-43-11-8-5-2/h7,10,14-15,17-18,20-21,23-24,26-27,29-30,32-33,35-36,38-39,54H,4-6,8-9,11-13,16,19,22,25,28,31,34,37,40-53H2,1-3H3/b10-7-,15-14-,18-17-,21-20-,24-23-,27-26-,30-29-,33-32-,36-35-,39-38-. The molecule has 0 aromatic heterocycles. The van der Waals surface area contributed by atoms with Crippen molar-refractivity contribution in [2.24, 2.45) is 0 Å². The fraction of sp³-hybridized carbons (Fsp3) is 0.596. The SMILES string of the molecule is CC/C=C\C/C=C\C/C=C\C/C=C\C/C=C\C/C=C\C/C=C\C/C=C\C/C=C\C/C=C\CCCCCCC(=O)OCC(COC(=O)CCCCCCC)OC(=O)CCCCCCC. The molecule has 0 aromatic rings. The van der Waals surface area contributed by atoms with E-state index in [-0.39, 0.29) is 31.1 Å². The molecule has 0 amide bonds. The molecule has 0 saturated heterocycles. The molecule has 0 aliphatic rings. The quantitative estimate of drug-likeness (QED) is 0.0263. The van der Waals surface area contributed by atoms with Gasteiger partial charge in [0.25, 0.3) is 0 Å². The largest absolute Gasteiger partial charge is 0.462 e. The molecule has 0 aliphatic heterocycles. The highest BCUT2D eigenvalue weighted by molar-refractivity contribution is 5.71. The molecule has 1 atom stereocenters. The van der Waals surface area contributed by atoms with E-state index in [2.05, 4.69) is 142 Å². The van der Waals surface area contributed by atoms with Gasteiger partial charge in [0.15, 0.2) is 6.10 Å². The van der Waals surface area contributed by atoms with Crippen LogP contribution in [0.1, 0.15) is 201 Å². The Labute approximate surface area is 386 Å². The molecule has 0 aliphatic carbocycles. The van der Waals surface area contributed by atoms with Crippen molar-refractivity contribution < 1.29 is 28.6 Å². The molecule has 0 rings (SSSR count). The van der Waals surface area contributed by atoms with Crippen molar-refractivity contribution >= 4 is 17.9 Å². The molecule has 0 saturated carbocycles. The smallest absolute Gasteiger partial charge is 0.306 e. The van der Waals surface area contributed by atoms with Gasteiger partial charge in [-0.2, -0.15) is 0 Å². The lowest BCUT2D eigenvalue weighted by Gasteiger charge is -2.18. The number of unbranched alkanes of at least 4 members (excludes halogenated alkanes) is 12. The van der Waals surface area contributed by atoms with E-state index in [1.807, 2.05) is 0 Å². The monoisotopic (exact) mass is 871 g/mol. The lowest BCUT2D eigenvalue weighted by atomic mass is 10.1. The van der Waals surface area contributed by atoms with Crippen LogP contribution in [0.2, 0.25) is 0 Å². The summed E-state index contributed by atoms with van der Waals surface area (Å²) in [5.41, 5.74) is 0. The van der Waals surface area contributed by atoms with E-state index in [0.717, 1.165) is 154 Å². The summed E-state index contributed by atoms with van der Waals surface area (Å²) in [5, 5.41) is 0. The van der Waals surface area contributed by atoms with Crippen molar-refractivity contribution in [2.75, 3.05) is 13.2 Å². The summed E-state index contributed by atoms with van der Waals surface area (Å²) in [5.74, 6) is -0.956. The minimum Gasteiger partial charge on any atom is -0.462 e. The van der Waals surface area contributed by atoms with E-state index in [4.69, 9.17) is 14.2 Å². The van der Waals surface area contributed by atoms with Gasteiger partial charge < -0.3 is 14.2 Å². The summed E-state index contributed by atoms with van der Waals surface area (Å²) in [6.07, 6.45) is 69.9. The first kappa shape index (κ1) is 58.8. The van der Waals surface area contributed by atoms with E-state index in [1.165, 1.54) is 6.42 Å². The van der Waals surface area contributed by atoms with Crippen molar-refractivity contribution in [3.05, 3.63) is 122 Å². The average molecular weight is 871 g/mol. The van der Waals surface area contributed by atoms with Crippen LogP contribution in [0.15, 0.2) is 122 Å². The first-order chi connectivity index (χ1) is 31.0. The van der Waals surface area contributed by atoms with Crippen molar-refractivity contribution in [2.45, 2.75) is 207 Å². The van der Waals surface area contributed by atoms with Crippen LogP contribution in [0.3, 0.4) is 0 Å². The van der Waals surface area contributed by atoms with Gasteiger partial charge in [-0.15, -0.1) is 0 Å². The van der Waals surface area contributed by atoms with Gasteiger partial charge in [0, 0.05) is 19.3 Å². The molecule has 0 aromatic carbocycles. The fourth-order valence-corrected chi connectivity index (χ4v) is 6.23. The lowest BCUT2D eigenvalue weighted by molar-refractivity contribution is -0.167. The van der Waals surface area contributed by atoms with E-state index in [0.29, 0.717) is 19.3 Å². The summed E-state index contributed by atoms with van der Waals surface area (Å²) in [4.78, 5) is 37.2. The zero-order valence-corrected chi connectivity index (χ0v) is 40.3. The van der Waals surface area contributed by atoms with Crippen LogP contribution in [0.4, 0.5) is 0 Å². The van der Waals surface area contributed by atoms with Crippen LogP contribution in [0, 0.1) is 0 Å². The molecular formula is C57H90O6. The third-order valence-electron chi connectivity index (χ3n) is 9.98. The maximum atomic E-state index is 12.5. The van der Waals surface area contributed by atoms with E-state index in [1.54, 1.807) is 0 Å². The molecule has 6 nitrogen and oxygen atoms in total. The Kier molecular flexibility index (Phi) is 47.1. The Bertz CT molecular complexity index is 1370. The number of ether oxygens (including phenoxy) is 3. The van der Waals surface area contributed by atoms with Crippen molar-refractivity contribution in [1.82, 2.24) is 0 Å². The molecule has 0 fully saturated rings. The highest BCUT2D eigenvalue weighted by Gasteiger charge is 2.19. The molecule has 0 N–H and O–H groups in total. The number of esters is 3. The normalized spacial score (nSPS) is 13.1. The van der Waals surface area contributed by atoms with Gasteiger partial charge in [-0.1, -0.05) is 206 Å². The Morgan fingerprint density at radius 2 is 0.619 bits per heavy atom. The second-order valence-electron chi connectivity index (χ2n) is 16.0. The number of carbonyl (C=O) groups is 3. The fourth-order valence-electron chi connectivity index (χ4n) is 6.23. The molecule has 0 radical (unpaired) electrons. The molecular weight excluding hydrogens is 781 g/mol. The van der Waals surface area contributed by atoms with Crippen LogP contribution in [-0.4, -0.2) is 37.2 Å². The predicted molar refractivity (Wildman–Crippen MR) is 269 cm³/mol. The van der Waals surface area contributed by atoms with Gasteiger partial charge in [-0.05, 0) is 96.3 Å². The first-order valence-corrected chi connectivity index (χ1v) is 25.0. The molecule has 0 spiro atoms. The lowest BCUT2D eigenvalue weighted by Crippen LogP contribution is -2.30. The highest BCUT2D eigenvalue weighted by atomic mass is 16.6. The maximum Gasteiger partial charge on any atom is 0.306 e. The van der Waals surface area contributed by atoms with Crippen LogP contribution >= 0.6 is 0 Å². The second-order valence-corrected chi connectivity index (χ2v) is 16.0.